The van der Waals surface area contributed by atoms with Crippen molar-refractivity contribution in [2.75, 3.05) is 33.4 Å². The highest BCUT2D eigenvalue weighted by Crippen LogP contribution is 2.25. The zero-order valence-corrected chi connectivity index (χ0v) is 12.8. The molecule has 108 valence electrons. The van der Waals surface area contributed by atoms with Crippen LogP contribution in [-0.2, 0) is 9.53 Å². The predicted molar refractivity (Wildman–Crippen MR) is 76.1 cm³/mol. The lowest BCUT2D eigenvalue weighted by atomic mass is 9.86. The first-order chi connectivity index (χ1) is 7.90. The summed E-state index contributed by atoms with van der Waals surface area (Å²) in [5, 5.41) is 6.32. The number of ether oxygens (including phenoxy) is 1. The molecule has 1 atom stereocenters. The molecule has 1 rings (SSSR count). The van der Waals surface area contributed by atoms with E-state index < -0.39 is 0 Å². The fraction of sp³-hybridized carbons (Fsp3) is 0.923. The van der Waals surface area contributed by atoms with E-state index in [4.69, 9.17) is 4.74 Å². The van der Waals surface area contributed by atoms with Gasteiger partial charge in [-0.1, -0.05) is 13.8 Å². The van der Waals surface area contributed by atoms with Crippen LogP contribution in [0.15, 0.2) is 0 Å². The van der Waals surface area contributed by atoms with E-state index in [2.05, 4.69) is 24.5 Å². The lowest BCUT2D eigenvalue weighted by molar-refractivity contribution is -0.129. The van der Waals surface area contributed by atoms with Crippen molar-refractivity contribution in [3.05, 3.63) is 0 Å². The number of carbonyl (C=O) groups is 1. The molecule has 0 aliphatic carbocycles. The van der Waals surface area contributed by atoms with Crippen molar-refractivity contribution in [3.8, 4) is 0 Å². The van der Waals surface area contributed by atoms with Crippen LogP contribution >= 0.6 is 12.4 Å². The highest BCUT2D eigenvalue weighted by Gasteiger charge is 2.36. The van der Waals surface area contributed by atoms with Crippen LogP contribution in [0.1, 0.15) is 33.6 Å². The number of methoxy groups -OCH3 is 1. The zero-order valence-electron chi connectivity index (χ0n) is 12.0. The molecule has 1 heterocycles. The molecule has 0 aromatic carbocycles. The van der Waals surface area contributed by atoms with Gasteiger partial charge in [-0.2, -0.15) is 0 Å². The van der Waals surface area contributed by atoms with Gasteiger partial charge in [0.2, 0.25) is 5.91 Å². The first-order valence-electron chi connectivity index (χ1n) is 6.38. The molecule has 2 N–H and O–H groups in total. The monoisotopic (exact) mass is 278 g/mol. The second-order valence-electron chi connectivity index (χ2n) is 6.08. The maximum absolute atomic E-state index is 12.1. The third kappa shape index (κ3) is 5.12. The summed E-state index contributed by atoms with van der Waals surface area (Å²) < 4.78 is 5.08. The fourth-order valence-electron chi connectivity index (χ4n) is 2.01. The van der Waals surface area contributed by atoms with E-state index in [1.54, 1.807) is 7.11 Å². The Morgan fingerprint density at radius 3 is 2.67 bits per heavy atom. The summed E-state index contributed by atoms with van der Waals surface area (Å²) in [5.74, 6) is 0.174. The van der Waals surface area contributed by atoms with E-state index in [9.17, 15) is 4.79 Å². The highest BCUT2D eigenvalue weighted by molar-refractivity contribution is 5.85. The predicted octanol–water partition coefficient (Wildman–Crippen LogP) is 1.59. The smallest absolute Gasteiger partial charge is 0.227 e. The van der Waals surface area contributed by atoms with Crippen molar-refractivity contribution in [2.24, 2.45) is 10.8 Å². The van der Waals surface area contributed by atoms with E-state index in [1.165, 1.54) is 0 Å². The zero-order chi connectivity index (χ0) is 12.9. The van der Waals surface area contributed by atoms with Gasteiger partial charge in [0, 0.05) is 26.8 Å². The molecular weight excluding hydrogens is 252 g/mol. The second kappa shape index (κ2) is 7.31. The van der Waals surface area contributed by atoms with Gasteiger partial charge in [0.1, 0.15) is 0 Å². The van der Waals surface area contributed by atoms with Crippen LogP contribution in [-0.4, -0.2) is 39.3 Å². The molecule has 18 heavy (non-hydrogen) atoms. The molecule has 1 aliphatic rings. The molecule has 5 heteroatoms. The summed E-state index contributed by atoms with van der Waals surface area (Å²) in [5.41, 5.74) is -0.134. The molecular formula is C13H27ClN2O2. The van der Waals surface area contributed by atoms with Crippen molar-refractivity contribution >= 4 is 18.3 Å². The molecule has 0 spiro atoms. The Kier molecular flexibility index (Phi) is 7.18. The van der Waals surface area contributed by atoms with Crippen molar-refractivity contribution in [1.82, 2.24) is 10.6 Å². The maximum atomic E-state index is 12.1. The standard InChI is InChI=1S/C13H26N2O2.ClH/c1-12(2,6-8-17-4)9-15-11(16)13(3)5-7-14-10-13;/h14H,5-10H2,1-4H3,(H,15,16);1H. The summed E-state index contributed by atoms with van der Waals surface area (Å²) in [6.07, 6.45) is 1.88. The molecule has 1 aliphatic heterocycles. The first-order valence-corrected chi connectivity index (χ1v) is 6.38. The number of hydrogen-bond donors (Lipinski definition) is 2. The Hall–Kier alpha value is -0.320. The third-order valence-corrected chi connectivity index (χ3v) is 3.63. The van der Waals surface area contributed by atoms with Gasteiger partial charge in [0.05, 0.1) is 5.41 Å². The van der Waals surface area contributed by atoms with Gasteiger partial charge in [-0.25, -0.2) is 0 Å². The van der Waals surface area contributed by atoms with Crippen LogP contribution < -0.4 is 10.6 Å². The molecule has 0 aromatic rings. The van der Waals surface area contributed by atoms with Crippen LogP contribution in [0.3, 0.4) is 0 Å². The average molecular weight is 279 g/mol. The van der Waals surface area contributed by atoms with E-state index in [-0.39, 0.29) is 29.1 Å². The normalized spacial score (nSPS) is 23.6. The number of rotatable bonds is 6. The molecule has 1 amide bonds. The molecule has 0 saturated carbocycles. The average Bonchev–Trinajstić information content (AvgIpc) is 2.72. The molecule has 1 unspecified atom stereocenters. The van der Waals surface area contributed by atoms with Crippen LogP contribution in [0.5, 0.6) is 0 Å². The quantitative estimate of drug-likeness (QED) is 0.776. The SMILES string of the molecule is COCCC(C)(C)CNC(=O)C1(C)CCNC1.Cl. The summed E-state index contributed by atoms with van der Waals surface area (Å²) in [6, 6.07) is 0. The van der Waals surface area contributed by atoms with Crippen LogP contribution in [0, 0.1) is 10.8 Å². The number of nitrogens with one attached hydrogen (secondary N) is 2. The van der Waals surface area contributed by atoms with Gasteiger partial charge < -0.3 is 15.4 Å². The van der Waals surface area contributed by atoms with Gasteiger partial charge in [0.25, 0.3) is 0 Å². The summed E-state index contributed by atoms with van der Waals surface area (Å²) >= 11 is 0. The van der Waals surface area contributed by atoms with Crippen molar-refractivity contribution in [1.29, 1.82) is 0 Å². The van der Waals surface area contributed by atoms with Crippen molar-refractivity contribution in [3.63, 3.8) is 0 Å². The van der Waals surface area contributed by atoms with Crippen molar-refractivity contribution in [2.45, 2.75) is 33.6 Å². The van der Waals surface area contributed by atoms with E-state index in [1.807, 2.05) is 6.92 Å². The summed E-state index contributed by atoms with van der Waals surface area (Å²) in [7, 11) is 1.71. The lowest BCUT2D eigenvalue weighted by Crippen LogP contribution is -2.44. The molecule has 1 fully saturated rings. The molecule has 0 bridgehead atoms. The van der Waals surface area contributed by atoms with Gasteiger partial charge in [-0.3, -0.25) is 4.79 Å². The van der Waals surface area contributed by atoms with Gasteiger partial charge in [-0.05, 0) is 31.7 Å². The molecule has 1 saturated heterocycles. The highest BCUT2D eigenvalue weighted by atomic mass is 35.5. The number of amides is 1. The number of carbonyl (C=O) groups excluding carboxylic acids is 1. The third-order valence-electron chi connectivity index (χ3n) is 3.63. The molecule has 4 nitrogen and oxygen atoms in total. The Morgan fingerprint density at radius 1 is 1.50 bits per heavy atom. The van der Waals surface area contributed by atoms with E-state index in [0.717, 1.165) is 32.5 Å². The van der Waals surface area contributed by atoms with Crippen LogP contribution in [0.4, 0.5) is 0 Å². The Labute approximate surface area is 117 Å². The van der Waals surface area contributed by atoms with Crippen LogP contribution in [0.2, 0.25) is 0 Å². The first kappa shape index (κ1) is 17.7. The minimum absolute atomic E-state index is 0. The minimum Gasteiger partial charge on any atom is -0.385 e. The Morgan fingerprint density at radius 2 is 2.17 bits per heavy atom. The number of halogens is 1. The largest absolute Gasteiger partial charge is 0.385 e. The molecule has 0 aromatic heterocycles. The van der Waals surface area contributed by atoms with E-state index in [0.29, 0.717) is 6.54 Å². The molecule has 0 radical (unpaired) electrons. The van der Waals surface area contributed by atoms with E-state index >= 15 is 0 Å². The minimum atomic E-state index is -0.225. The maximum Gasteiger partial charge on any atom is 0.227 e. The lowest BCUT2D eigenvalue weighted by Gasteiger charge is -2.28. The van der Waals surface area contributed by atoms with Crippen LogP contribution in [0.25, 0.3) is 0 Å². The number of hydrogen-bond acceptors (Lipinski definition) is 3. The van der Waals surface area contributed by atoms with Gasteiger partial charge in [0.15, 0.2) is 0 Å². The second-order valence-corrected chi connectivity index (χ2v) is 6.08. The Balaban J connectivity index is 0.00000289. The Bertz CT molecular complexity index is 264. The van der Waals surface area contributed by atoms with Gasteiger partial charge >= 0.3 is 0 Å². The summed E-state index contributed by atoms with van der Waals surface area (Å²) in [6.45, 7) is 9.52. The topological polar surface area (TPSA) is 50.4 Å². The van der Waals surface area contributed by atoms with Gasteiger partial charge in [-0.15, -0.1) is 12.4 Å². The fourth-order valence-corrected chi connectivity index (χ4v) is 2.01. The van der Waals surface area contributed by atoms with Crippen molar-refractivity contribution < 1.29 is 9.53 Å². The summed E-state index contributed by atoms with van der Waals surface area (Å²) in [4.78, 5) is 12.1.